The fourth-order valence-electron chi connectivity index (χ4n) is 2.96. The Morgan fingerprint density at radius 3 is 2.70 bits per heavy atom. The molecule has 1 fully saturated rings. The van der Waals surface area contributed by atoms with E-state index in [1.54, 1.807) is 0 Å². The third kappa shape index (κ3) is 4.47. The lowest BCUT2D eigenvalue weighted by Gasteiger charge is -2.28. The summed E-state index contributed by atoms with van der Waals surface area (Å²) in [4.78, 5) is 0. The second-order valence-electron chi connectivity index (χ2n) is 5.89. The van der Waals surface area contributed by atoms with Crippen molar-refractivity contribution in [1.29, 1.82) is 0 Å². The lowest BCUT2D eigenvalue weighted by Crippen LogP contribution is -2.31. The summed E-state index contributed by atoms with van der Waals surface area (Å²) in [5.41, 5.74) is 7.35. The molecule has 0 bridgehead atoms. The van der Waals surface area contributed by atoms with Crippen LogP contribution in [0.3, 0.4) is 0 Å². The van der Waals surface area contributed by atoms with Crippen LogP contribution in [0.1, 0.15) is 57.1 Å². The molecule has 2 atom stereocenters. The molecule has 112 valence electrons. The van der Waals surface area contributed by atoms with Crippen molar-refractivity contribution in [3.05, 3.63) is 34.9 Å². The van der Waals surface area contributed by atoms with Gasteiger partial charge in [0.05, 0.1) is 12.7 Å². The van der Waals surface area contributed by atoms with Crippen LogP contribution in [0.15, 0.2) is 24.3 Å². The van der Waals surface area contributed by atoms with Gasteiger partial charge < -0.3 is 10.5 Å². The zero-order chi connectivity index (χ0) is 14.4. The van der Waals surface area contributed by atoms with Crippen molar-refractivity contribution in [2.75, 3.05) is 6.61 Å². The van der Waals surface area contributed by atoms with Gasteiger partial charge >= 0.3 is 0 Å². The summed E-state index contributed by atoms with van der Waals surface area (Å²) in [5.74, 6) is 0.703. The smallest absolute Gasteiger partial charge is 0.0976 e. The molecule has 1 aromatic carbocycles. The average Bonchev–Trinajstić information content (AvgIpc) is 2.48. The maximum atomic E-state index is 6.25. The fourth-order valence-corrected chi connectivity index (χ4v) is 3.16. The number of benzene rings is 1. The SMILES string of the molecule is CCC(N)C(OCC1CCCCC1)c1cccc(Cl)c1. The van der Waals surface area contributed by atoms with Crippen molar-refractivity contribution in [2.45, 2.75) is 57.6 Å². The molecule has 1 aliphatic rings. The molecular weight excluding hydrogens is 270 g/mol. The fraction of sp³-hybridized carbons (Fsp3) is 0.647. The molecule has 2 N–H and O–H groups in total. The van der Waals surface area contributed by atoms with E-state index in [1.807, 2.05) is 18.2 Å². The first kappa shape index (κ1) is 15.8. The zero-order valence-electron chi connectivity index (χ0n) is 12.4. The minimum atomic E-state index is -0.0411. The van der Waals surface area contributed by atoms with Crippen LogP contribution in [-0.2, 0) is 4.74 Å². The number of nitrogens with two attached hydrogens (primary N) is 1. The highest BCUT2D eigenvalue weighted by Crippen LogP contribution is 2.29. The second-order valence-corrected chi connectivity index (χ2v) is 6.32. The highest BCUT2D eigenvalue weighted by Gasteiger charge is 2.22. The molecular formula is C17H26ClNO. The van der Waals surface area contributed by atoms with Gasteiger partial charge in [0.1, 0.15) is 0 Å². The Morgan fingerprint density at radius 2 is 2.05 bits per heavy atom. The van der Waals surface area contributed by atoms with Crippen LogP contribution in [0.5, 0.6) is 0 Å². The van der Waals surface area contributed by atoms with Gasteiger partial charge in [-0.05, 0) is 42.9 Å². The summed E-state index contributed by atoms with van der Waals surface area (Å²) >= 11 is 6.09. The summed E-state index contributed by atoms with van der Waals surface area (Å²) in [7, 11) is 0. The first-order valence-electron chi connectivity index (χ1n) is 7.83. The van der Waals surface area contributed by atoms with E-state index >= 15 is 0 Å². The predicted octanol–water partition coefficient (Wildman–Crippen LogP) is 4.72. The minimum Gasteiger partial charge on any atom is -0.372 e. The lowest BCUT2D eigenvalue weighted by atomic mass is 9.90. The van der Waals surface area contributed by atoms with E-state index in [1.165, 1.54) is 32.1 Å². The molecule has 20 heavy (non-hydrogen) atoms. The molecule has 0 saturated heterocycles. The summed E-state index contributed by atoms with van der Waals surface area (Å²) in [6, 6.07) is 7.92. The van der Waals surface area contributed by atoms with Crippen molar-refractivity contribution in [3.63, 3.8) is 0 Å². The van der Waals surface area contributed by atoms with Crippen molar-refractivity contribution in [3.8, 4) is 0 Å². The van der Waals surface area contributed by atoms with Gasteiger partial charge in [-0.15, -0.1) is 0 Å². The van der Waals surface area contributed by atoms with E-state index in [0.29, 0.717) is 5.92 Å². The molecule has 0 heterocycles. The molecule has 2 rings (SSSR count). The van der Waals surface area contributed by atoms with E-state index in [4.69, 9.17) is 22.1 Å². The molecule has 0 radical (unpaired) electrons. The maximum absolute atomic E-state index is 6.25. The maximum Gasteiger partial charge on any atom is 0.0976 e. The average molecular weight is 296 g/mol. The first-order valence-corrected chi connectivity index (χ1v) is 8.21. The predicted molar refractivity (Wildman–Crippen MR) is 85.0 cm³/mol. The minimum absolute atomic E-state index is 0.0251. The molecule has 0 aliphatic heterocycles. The molecule has 0 spiro atoms. The van der Waals surface area contributed by atoms with Gasteiger partial charge in [0.2, 0.25) is 0 Å². The Labute approximate surface area is 127 Å². The Morgan fingerprint density at radius 1 is 1.30 bits per heavy atom. The molecule has 1 aliphatic carbocycles. The molecule has 1 saturated carbocycles. The second kappa shape index (κ2) is 8.02. The van der Waals surface area contributed by atoms with E-state index in [2.05, 4.69) is 13.0 Å². The van der Waals surface area contributed by atoms with Crippen molar-refractivity contribution in [2.24, 2.45) is 11.7 Å². The quantitative estimate of drug-likeness (QED) is 0.824. The summed E-state index contributed by atoms with van der Waals surface area (Å²) in [6.07, 6.45) is 7.52. The Bertz CT molecular complexity index is 404. The van der Waals surface area contributed by atoms with E-state index in [0.717, 1.165) is 23.6 Å². The van der Waals surface area contributed by atoms with Gasteiger partial charge in [-0.25, -0.2) is 0 Å². The van der Waals surface area contributed by atoms with Crippen LogP contribution in [0.2, 0.25) is 5.02 Å². The standard InChI is InChI=1S/C17H26ClNO/c1-2-16(19)17(14-9-6-10-15(18)11-14)20-12-13-7-4-3-5-8-13/h6,9-11,13,16-17H,2-5,7-8,12,19H2,1H3. The van der Waals surface area contributed by atoms with Crippen molar-refractivity contribution >= 4 is 11.6 Å². The number of hydrogen-bond acceptors (Lipinski definition) is 2. The van der Waals surface area contributed by atoms with Gasteiger partial charge in [0, 0.05) is 11.1 Å². The van der Waals surface area contributed by atoms with Crippen LogP contribution in [0, 0.1) is 5.92 Å². The third-order valence-corrected chi connectivity index (χ3v) is 4.51. The number of ether oxygens (including phenoxy) is 1. The summed E-state index contributed by atoms with van der Waals surface area (Å²) in [6.45, 7) is 2.93. The van der Waals surface area contributed by atoms with Gasteiger partial charge in [-0.3, -0.25) is 0 Å². The van der Waals surface area contributed by atoms with Crippen LogP contribution < -0.4 is 5.73 Å². The number of rotatable bonds is 6. The highest BCUT2D eigenvalue weighted by atomic mass is 35.5. The summed E-state index contributed by atoms with van der Waals surface area (Å²) in [5, 5.41) is 0.747. The van der Waals surface area contributed by atoms with E-state index in [-0.39, 0.29) is 12.1 Å². The van der Waals surface area contributed by atoms with Crippen LogP contribution in [-0.4, -0.2) is 12.6 Å². The monoisotopic (exact) mass is 295 g/mol. The Hall–Kier alpha value is -0.570. The molecule has 0 aromatic heterocycles. The third-order valence-electron chi connectivity index (χ3n) is 4.27. The number of hydrogen-bond donors (Lipinski definition) is 1. The topological polar surface area (TPSA) is 35.2 Å². The number of halogens is 1. The van der Waals surface area contributed by atoms with Crippen molar-refractivity contribution < 1.29 is 4.74 Å². The molecule has 2 unspecified atom stereocenters. The van der Waals surface area contributed by atoms with Gasteiger partial charge in [-0.1, -0.05) is 49.9 Å². The van der Waals surface area contributed by atoms with Crippen LogP contribution in [0.4, 0.5) is 0 Å². The lowest BCUT2D eigenvalue weighted by molar-refractivity contribution is 0.00440. The molecule has 1 aromatic rings. The van der Waals surface area contributed by atoms with E-state index < -0.39 is 0 Å². The van der Waals surface area contributed by atoms with Crippen molar-refractivity contribution in [1.82, 2.24) is 0 Å². The van der Waals surface area contributed by atoms with Crippen LogP contribution >= 0.6 is 11.6 Å². The van der Waals surface area contributed by atoms with Crippen LogP contribution in [0.25, 0.3) is 0 Å². The zero-order valence-corrected chi connectivity index (χ0v) is 13.1. The molecule has 0 amide bonds. The van der Waals surface area contributed by atoms with Gasteiger partial charge in [0.25, 0.3) is 0 Å². The Balaban J connectivity index is 2.00. The highest BCUT2D eigenvalue weighted by molar-refractivity contribution is 6.30. The normalized spacial score (nSPS) is 19.8. The van der Waals surface area contributed by atoms with Gasteiger partial charge in [-0.2, -0.15) is 0 Å². The first-order chi connectivity index (χ1) is 9.70. The summed E-state index contributed by atoms with van der Waals surface area (Å²) < 4.78 is 6.19. The molecule has 3 heteroatoms. The largest absolute Gasteiger partial charge is 0.372 e. The molecule has 2 nitrogen and oxygen atoms in total. The van der Waals surface area contributed by atoms with E-state index in [9.17, 15) is 0 Å². The van der Waals surface area contributed by atoms with Gasteiger partial charge in [0.15, 0.2) is 0 Å². The Kier molecular flexibility index (Phi) is 6.34.